The van der Waals surface area contributed by atoms with Gasteiger partial charge in [-0.25, -0.2) is 18.4 Å². The first-order valence-electron chi connectivity index (χ1n) is 13.0. The molecule has 2 aromatic rings. The zero-order valence-corrected chi connectivity index (χ0v) is 23.6. The Morgan fingerprint density at radius 2 is 1.48 bits per heavy atom. The van der Waals surface area contributed by atoms with Crippen LogP contribution in [0.15, 0.2) is 42.5 Å². The van der Waals surface area contributed by atoms with Crippen molar-refractivity contribution in [2.24, 2.45) is 0 Å². The second kappa shape index (κ2) is 15.6. The number of aliphatic carboxylic acids is 1. The molecule has 19 heteroatoms. The number of ether oxygens (including phenoxy) is 4. The van der Waals surface area contributed by atoms with Crippen LogP contribution in [-0.4, -0.2) is 85.2 Å². The molecule has 0 heterocycles. The van der Waals surface area contributed by atoms with Crippen molar-refractivity contribution in [1.29, 1.82) is 0 Å². The van der Waals surface area contributed by atoms with Crippen LogP contribution in [0.3, 0.4) is 0 Å². The number of carbonyl (C=O) groups is 2. The summed E-state index contributed by atoms with van der Waals surface area (Å²) in [6.45, 7) is -3.06. The summed E-state index contributed by atoms with van der Waals surface area (Å²) in [7, 11) is 0. The summed E-state index contributed by atoms with van der Waals surface area (Å²) in [5.41, 5.74) is 0.176. The molecule has 0 aliphatic carbocycles. The van der Waals surface area contributed by atoms with Crippen LogP contribution in [0.1, 0.15) is 18.1 Å². The second-order valence-corrected chi connectivity index (χ2v) is 9.27. The maximum Gasteiger partial charge on any atom is 0.460 e. The average Bonchev–Trinajstić information content (AvgIpc) is 2.95. The van der Waals surface area contributed by atoms with E-state index in [-0.39, 0.29) is 24.3 Å². The predicted octanol–water partition coefficient (Wildman–Crippen LogP) is 6.46. The van der Waals surface area contributed by atoms with Crippen LogP contribution in [0, 0.1) is 11.6 Å². The summed E-state index contributed by atoms with van der Waals surface area (Å²) < 4.78 is 163. The third-order valence-corrected chi connectivity index (χ3v) is 6.00. The maximum absolute atomic E-state index is 13.9. The molecule has 0 aromatic heterocycles. The molecule has 1 atom stereocenters. The quantitative estimate of drug-likeness (QED) is 0.191. The van der Waals surface area contributed by atoms with Crippen molar-refractivity contribution >= 4 is 12.1 Å². The molecule has 1 amide bonds. The molecule has 0 saturated carbocycles. The van der Waals surface area contributed by atoms with Gasteiger partial charge in [0.15, 0.2) is 6.10 Å². The second-order valence-electron chi connectivity index (χ2n) is 9.27. The van der Waals surface area contributed by atoms with Crippen LogP contribution in [0.25, 0.3) is 0 Å². The van der Waals surface area contributed by atoms with Crippen molar-refractivity contribution in [1.82, 2.24) is 4.90 Å². The molecule has 258 valence electrons. The van der Waals surface area contributed by atoms with Gasteiger partial charge in [0, 0.05) is 31.2 Å². The fraction of sp³-hybridized carbons (Fsp3) is 0.481. The number of benzene rings is 2. The smallest absolute Gasteiger partial charge is 0.460 e. The molecule has 0 saturated heterocycles. The van der Waals surface area contributed by atoms with E-state index in [1.54, 1.807) is 6.92 Å². The number of halogens is 11. The van der Waals surface area contributed by atoms with Gasteiger partial charge in [-0.2, -0.15) is 39.5 Å². The van der Waals surface area contributed by atoms with Crippen molar-refractivity contribution in [2.45, 2.75) is 50.2 Å². The Labute approximate surface area is 253 Å². The first-order valence-corrected chi connectivity index (χ1v) is 13.0. The van der Waals surface area contributed by atoms with E-state index in [9.17, 15) is 63.0 Å². The van der Waals surface area contributed by atoms with Gasteiger partial charge in [-0.3, -0.25) is 0 Å². The molecule has 1 unspecified atom stereocenters. The van der Waals surface area contributed by atoms with Gasteiger partial charge in [-0.15, -0.1) is 0 Å². The third-order valence-electron chi connectivity index (χ3n) is 6.00. The molecule has 2 rings (SSSR count). The lowest BCUT2D eigenvalue weighted by atomic mass is 10.1. The number of carboxylic acids is 1. The Morgan fingerprint density at radius 1 is 0.870 bits per heavy atom. The summed E-state index contributed by atoms with van der Waals surface area (Å²) in [5, 5.41) is 9.18. The highest BCUT2D eigenvalue weighted by atomic mass is 19.4. The van der Waals surface area contributed by atoms with Crippen molar-refractivity contribution in [3.63, 3.8) is 0 Å². The van der Waals surface area contributed by atoms with Gasteiger partial charge >= 0.3 is 36.2 Å². The highest BCUT2D eigenvalue weighted by molar-refractivity contribution is 5.72. The van der Waals surface area contributed by atoms with E-state index >= 15 is 0 Å². The minimum absolute atomic E-state index is 0.00367. The van der Waals surface area contributed by atoms with Crippen molar-refractivity contribution in [3.05, 3.63) is 65.2 Å². The molecule has 0 aliphatic rings. The summed E-state index contributed by atoms with van der Waals surface area (Å²) >= 11 is 0. The number of rotatable bonds is 17. The summed E-state index contributed by atoms with van der Waals surface area (Å²) in [4.78, 5) is 24.3. The maximum atomic E-state index is 13.9. The fourth-order valence-corrected chi connectivity index (χ4v) is 3.53. The third kappa shape index (κ3) is 9.81. The van der Waals surface area contributed by atoms with Gasteiger partial charge < -0.3 is 29.0 Å². The molecular formula is C27H26F11NO7. The lowest BCUT2D eigenvalue weighted by Gasteiger charge is -2.33. The van der Waals surface area contributed by atoms with Crippen molar-refractivity contribution < 1.29 is 81.9 Å². The molecule has 0 fully saturated rings. The SMILES string of the molecule is CCOC(Cc1ccc(OCCN(CCOC(F)(F)C(F)(F)C(F)(F)C(F)(F)F)C(=O)OCc2ccc(F)cc2F)cc1)C(=O)O. The number of amides is 1. The fourth-order valence-electron chi connectivity index (χ4n) is 3.53. The number of carbonyl (C=O) groups excluding carboxylic acids is 1. The minimum Gasteiger partial charge on any atom is -0.492 e. The zero-order valence-electron chi connectivity index (χ0n) is 23.6. The highest BCUT2D eigenvalue weighted by Gasteiger charge is 2.82. The first kappa shape index (κ1) is 38.3. The van der Waals surface area contributed by atoms with Crippen LogP contribution in [0.2, 0.25) is 0 Å². The van der Waals surface area contributed by atoms with Crippen LogP contribution in [0.4, 0.5) is 53.1 Å². The van der Waals surface area contributed by atoms with Gasteiger partial charge in [0.05, 0.1) is 13.2 Å². The highest BCUT2D eigenvalue weighted by Crippen LogP contribution is 2.53. The van der Waals surface area contributed by atoms with Gasteiger partial charge in [-0.1, -0.05) is 12.1 Å². The average molecular weight is 685 g/mol. The summed E-state index contributed by atoms with van der Waals surface area (Å²) in [5.74, 6) is -17.4. The van der Waals surface area contributed by atoms with E-state index in [0.717, 1.165) is 12.1 Å². The standard InChI is InChI=1S/C27H26F11NO7/c1-2-43-21(22(40)41)13-16-3-7-19(8-4-16)44-11-9-39(23(42)45-15-17-5-6-18(28)14-20(17)29)10-12-46-27(37,38)25(32,33)24(30,31)26(34,35)36/h3-8,14,21H,2,9-13,15H2,1H3,(H,40,41). The zero-order chi connectivity index (χ0) is 34.9. The Morgan fingerprint density at radius 3 is 2.02 bits per heavy atom. The Balaban J connectivity index is 2.10. The molecule has 0 radical (unpaired) electrons. The molecule has 8 nitrogen and oxygen atoms in total. The van der Waals surface area contributed by atoms with Gasteiger partial charge in [0.25, 0.3) is 0 Å². The van der Waals surface area contributed by atoms with Gasteiger partial charge in [-0.05, 0) is 36.8 Å². The van der Waals surface area contributed by atoms with E-state index in [1.165, 1.54) is 24.3 Å². The number of hydrogen-bond acceptors (Lipinski definition) is 6. The van der Waals surface area contributed by atoms with Crippen LogP contribution in [0.5, 0.6) is 5.75 Å². The molecular weight excluding hydrogens is 659 g/mol. The van der Waals surface area contributed by atoms with Crippen molar-refractivity contribution in [2.75, 3.05) is 32.9 Å². The van der Waals surface area contributed by atoms with E-state index in [2.05, 4.69) is 4.74 Å². The lowest BCUT2D eigenvalue weighted by molar-refractivity contribution is -0.443. The van der Waals surface area contributed by atoms with Gasteiger partial charge in [0.1, 0.15) is 30.6 Å². The Kier molecular flexibility index (Phi) is 13.0. The van der Waals surface area contributed by atoms with Crippen LogP contribution in [-0.2, 0) is 32.0 Å². The Hall–Kier alpha value is -3.87. The topological polar surface area (TPSA) is 94.5 Å². The monoisotopic (exact) mass is 685 g/mol. The van der Waals surface area contributed by atoms with E-state index in [4.69, 9.17) is 14.2 Å². The number of alkyl halides is 9. The van der Waals surface area contributed by atoms with Crippen LogP contribution < -0.4 is 4.74 Å². The Bertz CT molecular complexity index is 1310. The summed E-state index contributed by atoms with van der Waals surface area (Å²) in [6, 6.07) is 7.87. The number of nitrogens with zero attached hydrogens (tertiary/aromatic N) is 1. The van der Waals surface area contributed by atoms with Crippen molar-refractivity contribution in [3.8, 4) is 5.75 Å². The largest absolute Gasteiger partial charge is 0.492 e. The van der Waals surface area contributed by atoms with Gasteiger partial charge in [0.2, 0.25) is 0 Å². The number of hydrogen-bond donors (Lipinski definition) is 1. The first-order chi connectivity index (χ1) is 21.2. The van der Waals surface area contributed by atoms with E-state index in [1.807, 2.05) is 0 Å². The predicted molar refractivity (Wildman–Crippen MR) is 134 cm³/mol. The normalized spacial score (nSPS) is 13.3. The molecule has 1 N–H and O–H groups in total. The molecule has 46 heavy (non-hydrogen) atoms. The number of carboxylic acid groups (broad SMARTS) is 1. The molecule has 2 aromatic carbocycles. The van der Waals surface area contributed by atoms with Crippen LogP contribution >= 0.6 is 0 Å². The molecule has 0 spiro atoms. The lowest BCUT2D eigenvalue weighted by Crippen LogP contribution is -2.62. The van der Waals surface area contributed by atoms with E-state index in [0.29, 0.717) is 16.5 Å². The molecule has 0 bridgehead atoms. The minimum atomic E-state index is -7.19. The van der Waals surface area contributed by atoms with E-state index < -0.39 is 86.8 Å². The molecule has 0 aliphatic heterocycles. The summed E-state index contributed by atoms with van der Waals surface area (Å²) in [6.07, 6.45) is -16.0.